The number of carbonyl (C=O) groups is 3. The zero-order valence-electron chi connectivity index (χ0n) is 17.0. The number of ketones is 1. The summed E-state index contributed by atoms with van der Waals surface area (Å²) in [6.45, 7) is 1.51. The van der Waals surface area contributed by atoms with Crippen LogP contribution >= 0.6 is 0 Å². The molecule has 0 unspecified atom stereocenters. The monoisotopic (exact) mass is 397 g/mol. The Morgan fingerprint density at radius 1 is 0.966 bits per heavy atom. The minimum Gasteiger partial charge on any atom is -0.497 e. The van der Waals surface area contributed by atoms with Gasteiger partial charge >= 0.3 is 0 Å². The maximum absolute atomic E-state index is 12.3. The van der Waals surface area contributed by atoms with E-state index in [1.807, 2.05) is 30.3 Å². The van der Waals surface area contributed by atoms with Crippen molar-refractivity contribution in [2.75, 3.05) is 32.6 Å². The molecule has 29 heavy (non-hydrogen) atoms. The molecule has 0 fully saturated rings. The first-order chi connectivity index (χ1) is 13.9. The molecular formula is C22H27N3O4. The van der Waals surface area contributed by atoms with E-state index in [0.717, 1.165) is 5.56 Å². The number of nitrogens with one attached hydrogen (secondary N) is 2. The highest BCUT2D eigenvalue weighted by Crippen LogP contribution is 2.14. The molecule has 7 nitrogen and oxygen atoms in total. The number of likely N-dealkylation sites (N-methyl/N-ethyl adjacent to an activating group) is 1. The maximum Gasteiger partial charge on any atom is 0.238 e. The van der Waals surface area contributed by atoms with E-state index in [9.17, 15) is 14.4 Å². The second-order valence-electron chi connectivity index (χ2n) is 6.87. The van der Waals surface area contributed by atoms with E-state index in [1.165, 1.54) is 6.92 Å². The minimum absolute atomic E-state index is 0.00853. The minimum atomic E-state index is -0.591. The predicted octanol–water partition coefficient (Wildman–Crippen LogP) is 1.88. The second kappa shape index (κ2) is 11.0. The van der Waals surface area contributed by atoms with E-state index in [4.69, 9.17) is 4.74 Å². The van der Waals surface area contributed by atoms with Gasteiger partial charge in [-0.15, -0.1) is 0 Å². The molecule has 7 heteroatoms. The van der Waals surface area contributed by atoms with Gasteiger partial charge in [-0.25, -0.2) is 0 Å². The van der Waals surface area contributed by atoms with E-state index in [0.29, 0.717) is 17.9 Å². The summed E-state index contributed by atoms with van der Waals surface area (Å²) in [6.07, 6.45) is 0.434. The van der Waals surface area contributed by atoms with Crippen LogP contribution in [0.1, 0.15) is 12.5 Å². The summed E-state index contributed by atoms with van der Waals surface area (Å²) in [5.74, 6) is 0.0492. The van der Waals surface area contributed by atoms with Gasteiger partial charge in [-0.05, 0) is 50.2 Å². The Kier molecular flexibility index (Phi) is 8.36. The van der Waals surface area contributed by atoms with Gasteiger partial charge in [-0.3, -0.25) is 19.3 Å². The maximum atomic E-state index is 12.3. The van der Waals surface area contributed by atoms with Crippen molar-refractivity contribution in [3.05, 3.63) is 60.2 Å². The number of carbonyl (C=O) groups excluding carboxylic acids is 3. The molecule has 2 rings (SSSR count). The Balaban J connectivity index is 1.81. The van der Waals surface area contributed by atoms with Crippen molar-refractivity contribution in [1.82, 2.24) is 10.2 Å². The van der Waals surface area contributed by atoms with Gasteiger partial charge in [-0.1, -0.05) is 30.3 Å². The lowest BCUT2D eigenvalue weighted by Gasteiger charge is -2.20. The molecule has 0 radical (unpaired) electrons. The Labute approximate surface area is 171 Å². The van der Waals surface area contributed by atoms with Crippen LogP contribution in [-0.2, 0) is 20.8 Å². The Hall–Kier alpha value is -3.19. The zero-order valence-corrected chi connectivity index (χ0v) is 17.0. The van der Waals surface area contributed by atoms with Crippen LogP contribution in [0.3, 0.4) is 0 Å². The molecule has 0 aliphatic heterocycles. The van der Waals surface area contributed by atoms with Crippen LogP contribution in [-0.4, -0.2) is 55.8 Å². The first-order valence-corrected chi connectivity index (χ1v) is 9.33. The molecule has 0 heterocycles. The number of amides is 2. The van der Waals surface area contributed by atoms with Crippen molar-refractivity contribution in [1.29, 1.82) is 0 Å². The third-order valence-corrected chi connectivity index (χ3v) is 4.31. The highest BCUT2D eigenvalue weighted by molar-refractivity contribution is 5.93. The summed E-state index contributed by atoms with van der Waals surface area (Å²) < 4.78 is 5.08. The van der Waals surface area contributed by atoms with Gasteiger partial charge in [0.25, 0.3) is 0 Å². The van der Waals surface area contributed by atoms with Crippen molar-refractivity contribution < 1.29 is 19.1 Å². The quantitative estimate of drug-likeness (QED) is 0.639. The molecule has 0 saturated carbocycles. The van der Waals surface area contributed by atoms with Crippen molar-refractivity contribution in [2.45, 2.75) is 19.4 Å². The van der Waals surface area contributed by atoms with Gasteiger partial charge < -0.3 is 15.4 Å². The van der Waals surface area contributed by atoms with Crippen molar-refractivity contribution in [3.8, 4) is 5.75 Å². The predicted molar refractivity (Wildman–Crippen MR) is 112 cm³/mol. The average Bonchev–Trinajstić information content (AvgIpc) is 2.68. The molecule has 2 amide bonds. The summed E-state index contributed by atoms with van der Waals surface area (Å²) in [5, 5.41) is 5.52. The van der Waals surface area contributed by atoms with Crippen molar-refractivity contribution >= 4 is 23.3 Å². The number of hydrogen-bond donors (Lipinski definition) is 2. The molecule has 0 aliphatic carbocycles. The van der Waals surface area contributed by atoms with Crippen LogP contribution in [0, 0.1) is 0 Å². The zero-order chi connectivity index (χ0) is 21.2. The number of anilines is 1. The summed E-state index contributed by atoms with van der Waals surface area (Å²) in [4.78, 5) is 38.0. The fourth-order valence-corrected chi connectivity index (χ4v) is 2.81. The molecule has 0 aliphatic rings. The lowest BCUT2D eigenvalue weighted by Crippen LogP contribution is -2.46. The number of Topliss-reactive ketones (excluding diaryl/α,β-unsaturated/α-hetero) is 1. The lowest BCUT2D eigenvalue weighted by molar-refractivity contribution is -0.128. The summed E-state index contributed by atoms with van der Waals surface area (Å²) in [5.41, 5.74) is 1.62. The summed E-state index contributed by atoms with van der Waals surface area (Å²) >= 11 is 0. The first kappa shape index (κ1) is 22.1. The van der Waals surface area contributed by atoms with Crippen molar-refractivity contribution in [3.63, 3.8) is 0 Å². The number of rotatable bonds is 10. The third kappa shape index (κ3) is 7.75. The summed E-state index contributed by atoms with van der Waals surface area (Å²) in [6, 6.07) is 15.9. The smallest absolute Gasteiger partial charge is 0.238 e. The standard InChI is InChI=1S/C22H27N3O4/c1-16(26)20(13-17-7-5-4-6-8-17)24-22(28)15-25(2)14-21(27)23-18-9-11-19(29-3)12-10-18/h4-12,20H,13-15H2,1-3H3,(H,23,27)(H,24,28)/t20-/m1/s1. The van der Waals surface area contributed by atoms with E-state index < -0.39 is 6.04 Å². The van der Waals surface area contributed by atoms with E-state index >= 15 is 0 Å². The third-order valence-electron chi connectivity index (χ3n) is 4.31. The van der Waals surface area contributed by atoms with Gasteiger partial charge in [0, 0.05) is 5.69 Å². The molecule has 0 bridgehead atoms. The number of benzene rings is 2. The Bertz CT molecular complexity index is 822. The highest BCUT2D eigenvalue weighted by atomic mass is 16.5. The number of hydrogen-bond acceptors (Lipinski definition) is 5. The van der Waals surface area contributed by atoms with Crippen LogP contribution in [0.4, 0.5) is 5.69 Å². The van der Waals surface area contributed by atoms with Gasteiger partial charge in [0.05, 0.1) is 26.2 Å². The number of methoxy groups -OCH3 is 1. The number of ether oxygens (including phenoxy) is 1. The van der Waals surface area contributed by atoms with E-state index in [1.54, 1.807) is 43.3 Å². The molecular weight excluding hydrogens is 370 g/mol. The van der Waals surface area contributed by atoms with E-state index in [-0.39, 0.29) is 30.7 Å². The molecule has 2 aromatic carbocycles. The largest absolute Gasteiger partial charge is 0.497 e. The van der Waals surface area contributed by atoms with Crippen LogP contribution < -0.4 is 15.4 Å². The van der Waals surface area contributed by atoms with Crippen LogP contribution in [0.25, 0.3) is 0 Å². The summed E-state index contributed by atoms with van der Waals surface area (Å²) in [7, 11) is 3.25. The molecule has 2 N–H and O–H groups in total. The molecule has 1 atom stereocenters. The Morgan fingerprint density at radius 2 is 1.59 bits per heavy atom. The van der Waals surface area contributed by atoms with Crippen LogP contribution in [0.5, 0.6) is 5.75 Å². The first-order valence-electron chi connectivity index (χ1n) is 9.33. The van der Waals surface area contributed by atoms with Crippen LogP contribution in [0.15, 0.2) is 54.6 Å². The molecule has 0 aromatic heterocycles. The molecule has 0 spiro atoms. The van der Waals surface area contributed by atoms with Gasteiger partial charge in [0.15, 0.2) is 5.78 Å². The molecule has 154 valence electrons. The van der Waals surface area contributed by atoms with Gasteiger partial charge in [-0.2, -0.15) is 0 Å². The van der Waals surface area contributed by atoms with E-state index in [2.05, 4.69) is 10.6 Å². The number of nitrogens with zero attached hydrogens (tertiary/aromatic N) is 1. The van der Waals surface area contributed by atoms with Gasteiger partial charge in [0.2, 0.25) is 11.8 Å². The van der Waals surface area contributed by atoms with Crippen molar-refractivity contribution in [2.24, 2.45) is 0 Å². The molecule has 0 saturated heterocycles. The second-order valence-corrected chi connectivity index (χ2v) is 6.87. The SMILES string of the molecule is COc1ccc(NC(=O)CN(C)CC(=O)N[C@H](Cc2ccccc2)C(C)=O)cc1. The van der Waals surface area contributed by atoms with Gasteiger partial charge in [0.1, 0.15) is 5.75 Å². The normalized spacial score (nSPS) is 11.6. The fourth-order valence-electron chi connectivity index (χ4n) is 2.81. The molecule has 2 aromatic rings. The topological polar surface area (TPSA) is 87.7 Å². The van der Waals surface area contributed by atoms with Crippen LogP contribution in [0.2, 0.25) is 0 Å². The average molecular weight is 397 g/mol. The highest BCUT2D eigenvalue weighted by Gasteiger charge is 2.19. The lowest BCUT2D eigenvalue weighted by atomic mass is 10.0. The fraction of sp³-hybridized carbons (Fsp3) is 0.318. The Morgan fingerprint density at radius 3 is 2.17 bits per heavy atom.